The molecule has 2 saturated heterocycles. The lowest BCUT2D eigenvalue weighted by molar-refractivity contribution is -0.142. The molecule has 0 spiro atoms. The summed E-state index contributed by atoms with van der Waals surface area (Å²) in [4.78, 5) is 14.2. The number of ether oxygens (including phenoxy) is 3. The second-order valence-corrected chi connectivity index (χ2v) is 8.42. The van der Waals surface area contributed by atoms with Crippen molar-refractivity contribution in [2.24, 2.45) is 0 Å². The molecule has 0 radical (unpaired) electrons. The van der Waals surface area contributed by atoms with Gasteiger partial charge in [0.2, 0.25) is 10.0 Å². The first-order valence-electron chi connectivity index (χ1n) is 9.20. The van der Waals surface area contributed by atoms with E-state index in [0.717, 1.165) is 12.8 Å². The predicted octanol–water partition coefficient (Wildman–Crippen LogP) is 0.770. The minimum Gasteiger partial charge on any atom is -0.481 e. The topological polar surface area (TPSA) is 94.2 Å². The first kappa shape index (κ1) is 20.1. The summed E-state index contributed by atoms with van der Waals surface area (Å²) in [6.45, 7) is 4.81. The Hall–Kier alpha value is -1.68. The Morgan fingerprint density at radius 1 is 1.26 bits per heavy atom. The van der Waals surface area contributed by atoms with Gasteiger partial charge in [-0.25, -0.2) is 13.1 Å². The second kappa shape index (κ2) is 9.01. The van der Waals surface area contributed by atoms with Crippen LogP contribution >= 0.6 is 0 Å². The van der Waals surface area contributed by atoms with Crippen molar-refractivity contribution < 1.29 is 27.4 Å². The van der Waals surface area contributed by atoms with Crippen molar-refractivity contribution >= 4 is 15.9 Å². The van der Waals surface area contributed by atoms with Crippen molar-refractivity contribution in [3.63, 3.8) is 0 Å². The van der Waals surface area contributed by atoms with Gasteiger partial charge in [-0.1, -0.05) is 0 Å². The molecule has 3 rings (SSSR count). The minimum absolute atomic E-state index is 0.0607. The summed E-state index contributed by atoms with van der Waals surface area (Å²) in [5.41, 5.74) is 0. The van der Waals surface area contributed by atoms with Gasteiger partial charge in [-0.2, -0.15) is 0 Å². The largest absolute Gasteiger partial charge is 0.481 e. The molecule has 1 aromatic rings. The van der Waals surface area contributed by atoms with E-state index in [9.17, 15) is 13.2 Å². The molecule has 2 atom stereocenters. The van der Waals surface area contributed by atoms with Gasteiger partial charge < -0.3 is 19.1 Å². The molecule has 1 N–H and O–H groups in total. The van der Waals surface area contributed by atoms with Gasteiger partial charge >= 0.3 is 0 Å². The number of amides is 1. The van der Waals surface area contributed by atoms with Crippen molar-refractivity contribution in [2.75, 3.05) is 39.5 Å². The van der Waals surface area contributed by atoms with E-state index < -0.39 is 16.1 Å². The Morgan fingerprint density at radius 3 is 2.59 bits per heavy atom. The Bertz CT molecular complexity index is 725. The summed E-state index contributed by atoms with van der Waals surface area (Å²) in [6.07, 6.45) is 1.11. The quantitative estimate of drug-likeness (QED) is 0.729. The highest BCUT2D eigenvalue weighted by Crippen LogP contribution is 2.18. The maximum Gasteiger partial charge on any atom is 0.263 e. The van der Waals surface area contributed by atoms with Gasteiger partial charge in [0.1, 0.15) is 5.75 Å². The van der Waals surface area contributed by atoms with Gasteiger partial charge in [-0.15, -0.1) is 0 Å². The molecule has 2 aliphatic rings. The Morgan fingerprint density at radius 2 is 1.96 bits per heavy atom. The molecule has 9 heteroatoms. The number of nitrogens with one attached hydrogen (secondary N) is 1. The van der Waals surface area contributed by atoms with Crippen molar-refractivity contribution in [1.82, 2.24) is 9.62 Å². The molecule has 0 aliphatic carbocycles. The molecule has 0 bridgehead atoms. The number of hydrogen-bond acceptors (Lipinski definition) is 6. The van der Waals surface area contributed by atoms with Crippen LogP contribution in [0.2, 0.25) is 0 Å². The zero-order chi connectivity index (χ0) is 19.3. The molecular weight excluding hydrogens is 372 g/mol. The summed E-state index contributed by atoms with van der Waals surface area (Å²) >= 11 is 0. The number of benzene rings is 1. The zero-order valence-corrected chi connectivity index (χ0v) is 16.2. The molecule has 2 fully saturated rings. The molecule has 0 unspecified atom stereocenters. The molecule has 1 aromatic carbocycles. The SMILES string of the molecule is C[C@H](Oc1ccc(S(=O)(=O)NC[C@H]2CCCO2)cc1)C(=O)N1CCOCC1. The molecule has 0 saturated carbocycles. The number of nitrogens with zero attached hydrogens (tertiary/aromatic N) is 1. The minimum atomic E-state index is -3.60. The Kier molecular flexibility index (Phi) is 6.69. The lowest BCUT2D eigenvalue weighted by atomic mass is 10.2. The lowest BCUT2D eigenvalue weighted by Crippen LogP contribution is -2.46. The zero-order valence-electron chi connectivity index (χ0n) is 15.4. The number of carbonyl (C=O) groups excluding carboxylic acids is 1. The van der Waals surface area contributed by atoms with Crippen LogP contribution in [0.3, 0.4) is 0 Å². The molecule has 150 valence electrons. The van der Waals surface area contributed by atoms with Crippen LogP contribution < -0.4 is 9.46 Å². The number of morpholine rings is 1. The number of carbonyl (C=O) groups is 1. The monoisotopic (exact) mass is 398 g/mol. The fourth-order valence-electron chi connectivity index (χ4n) is 3.08. The highest BCUT2D eigenvalue weighted by atomic mass is 32.2. The Balaban J connectivity index is 1.54. The first-order valence-corrected chi connectivity index (χ1v) is 10.7. The summed E-state index contributed by atoms with van der Waals surface area (Å²) in [6, 6.07) is 6.06. The molecule has 1 amide bonds. The lowest BCUT2D eigenvalue weighted by Gasteiger charge is -2.29. The standard InChI is InChI=1S/C18H26N2O6S/c1-14(18(21)20-8-11-24-12-9-20)26-15-4-6-17(7-5-15)27(22,23)19-13-16-3-2-10-25-16/h4-7,14,16,19H,2-3,8-13H2,1H3/t14-,16+/m0/s1. The fraction of sp³-hybridized carbons (Fsp3) is 0.611. The highest BCUT2D eigenvalue weighted by molar-refractivity contribution is 7.89. The van der Waals surface area contributed by atoms with Crippen LogP contribution in [0.1, 0.15) is 19.8 Å². The normalized spacial score (nSPS) is 21.8. The van der Waals surface area contributed by atoms with E-state index in [4.69, 9.17) is 14.2 Å². The fourth-order valence-corrected chi connectivity index (χ4v) is 4.15. The van der Waals surface area contributed by atoms with Crippen LogP contribution in [0, 0.1) is 0 Å². The molecule has 27 heavy (non-hydrogen) atoms. The highest BCUT2D eigenvalue weighted by Gasteiger charge is 2.24. The average Bonchev–Trinajstić information content (AvgIpc) is 3.21. The van der Waals surface area contributed by atoms with Crippen LogP contribution in [0.15, 0.2) is 29.2 Å². The van der Waals surface area contributed by atoms with Crippen LogP contribution in [0.4, 0.5) is 0 Å². The third-order valence-corrected chi connectivity index (χ3v) is 6.08. The third-order valence-electron chi connectivity index (χ3n) is 4.64. The van der Waals surface area contributed by atoms with Gasteiger partial charge in [-0.3, -0.25) is 4.79 Å². The maximum absolute atomic E-state index is 12.4. The van der Waals surface area contributed by atoms with E-state index in [1.165, 1.54) is 12.1 Å². The van der Waals surface area contributed by atoms with E-state index in [1.54, 1.807) is 24.0 Å². The van der Waals surface area contributed by atoms with Crippen LogP contribution in [-0.4, -0.2) is 70.9 Å². The number of rotatable bonds is 7. The van der Waals surface area contributed by atoms with Crippen LogP contribution in [-0.2, 0) is 24.3 Å². The van der Waals surface area contributed by atoms with Crippen molar-refractivity contribution in [1.29, 1.82) is 0 Å². The number of sulfonamides is 1. The molecule has 0 aromatic heterocycles. The van der Waals surface area contributed by atoms with E-state index >= 15 is 0 Å². The van der Waals surface area contributed by atoms with Gasteiger partial charge in [-0.05, 0) is 44.0 Å². The van der Waals surface area contributed by atoms with Gasteiger partial charge in [0.25, 0.3) is 5.91 Å². The molecule has 2 aliphatic heterocycles. The van der Waals surface area contributed by atoms with Crippen molar-refractivity contribution in [3.05, 3.63) is 24.3 Å². The second-order valence-electron chi connectivity index (χ2n) is 6.66. The van der Waals surface area contributed by atoms with Crippen LogP contribution in [0.5, 0.6) is 5.75 Å². The van der Waals surface area contributed by atoms with E-state index in [2.05, 4.69) is 4.72 Å². The van der Waals surface area contributed by atoms with E-state index in [-0.39, 0.29) is 23.5 Å². The van der Waals surface area contributed by atoms with Crippen molar-refractivity contribution in [3.8, 4) is 5.75 Å². The summed E-state index contributed by atoms with van der Waals surface area (Å²) < 4.78 is 43.6. The number of hydrogen-bond donors (Lipinski definition) is 1. The van der Waals surface area contributed by atoms with E-state index in [1.807, 2.05) is 0 Å². The van der Waals surface area contributed by atoms with E-state index in [0.29, 0.717) is 38.7 Å². The smallest absolute Gasteiger partial charge is 0.263 e. The van der Waals surface area contributed by atoms with Crippen LogP contribution in [0.25, 0.3) is 0 Å². The van der Waals surface area contributed by atoms with Gasteiger partial charge in [0, 0.05) is 26.2 Å². The van der Waals surface area contributed by atoms with Crippen molar-refractivity contribution in [2.45, 2.75) is 36.9 Å². The van der Waals surface area contributed by atoms with Gasteiger partial charge in [0.15, 0.2) is 6.10 Å². The molecular formula is C18H26N2O6S. The first-order chi connectivity index (χ1) is 13.0. The molecule has 2 heterocycles. The van der Waals surface area contributed by atoms with Gasteiger partial charge in [0.05, 0.1) is 24.2 Å². The summed E-state index contributed by atoms with van der Waals surface area (Å²) in [5.74, 6) is 0.343. The third kappa shape index (κ3) is 5.41. The summed E-state index contributed by atoms with van der Waals surface area (Å²) in [5, 5.41) is 0. The predicted molar refractivity (Wildman–Crippen MR) is 98.1 cm³/mol. The summed E-state index contributed by atoms with van der Waals surface area (Å²) in [7, 11) is -3.60. The average molecular weight is 398 g/mol. The Labute approximate surface area is 159 Å². The molecule has 8 nitrogen and oxygen atoms in total. The maximum atomic E-state index is 12.4.